The Hall–Kier alpha value is -0.0800. The van der Waals surface area contributed by atoms with Crippen molar-refractivity contribution >= 4 is 0 Å². The van der Waals surface area contributed by atoms with E-state index in [1.165, 1.54) is 38.5 Å². The first-order valence-corrected chi connectivity index (χ1v) is 10.5. The lowest BCUT2D eigenvalue weighted by Crippen LogP contribution is -2.69. The van der Waals surface area contributed by atoms with E-state index < -0.39 is 0 Å². The second kappa shape index (κ2) is 6.27. The van der Waals surface area contributed by atoms with Gasteiger partial charge in [-0.2, -0.15) is 0 Å². The van der Waals surface area contributed by atoms with E-state index in [0.717, 1.165) is 35.8 Å². The Morgan fingerprint density at radius 2 is 0.958 bits per heavy atom. The van der Waals surface area contributed by atoms with E-state index in [4.69, 9.17) is 0 Å². The summed E-state index contributed by atoms with van der Waals surface area (Å²) in [7, 11) is 4.90. The van der Waals surface area contributed by atoms with Crippen molar-refractivity contribution < 1.29 is 0 Å². The molecule has 1 heterocycles. The van der Waals surface area contributed by atoms with E-state index in [1.54, 1.807) is 0 Å². The first-order chi connectivity index (χ1) is 11.1. The standard InChI is InChI=1S/C22H42N2/c1-15-9-11-17-19(13-15)23(7)22(5,6)18-12-10-16(2)14-20(18)24(8)21(17,3)4/h15-20H,9-14H2,1-8H3/t15-,16-,17-,18-,19-,20-/m1/s1. The molecule has 0 radical (unpaired) electrons. The molecule has 0 aromatic rings. The molecule has 2 heteroatoms. The van der Waals surface area contributed by atoms with E-state index in [2.05, 4.69) is 65.4 Å². The maximum Gasteiger partial charge on any atom is 0.0196 e. The fourth-order valence-corrected chi connectivity index (χ4v) is 6.58. The van der Waals surface area contributed by atoms with Crippen LogP contribution in [-0.2, 0) is 0 Å². The van der Waals surface area contributed by atoms with Crippen molar-refractivity contribution in [3.8, 4) is 0 Å². The lowest BCUT2D eigenvalue weighted by Gasteiger charge is -2.63. The lowest BCUT2D eigenvalue weighted by atomic mass is 9.62. The smallest absolute Gasteiger partial charge is 0.0196 e. The molecule has 3 aliphatic rings. The fraction of sp³-hybridized carbons (Fsp3) is 1.00. The largest absolute Gasteiger partial charge is 0.298 e. The summed E-state index contributed by atoms with van der Waals surface area (Å²) in [6.45, 7) is 15.1. The third-order valence-corrected chi connectivity index (χ3v) is 8.79. The van der Waals surface area contributed by atoms with E-state index in [9.17, 15) is 0 Å². The molecule has 2 nitrogen and oxygen atoms in total. The van der Waals surface area contributed by atoms with Crippen LogP contribution >= 0.6 is 0 Å². The van der Waals surface area contributed by atoms with Gasteiger partial charge in [-0.25, -0.2) is 0 Å². The minimum Gasteiger partial charge on any atom is -0.298 e. The molecule has 3 rings (SSSR count). The van der Waals surface area contributed by atoms with Crippen molar-refractivity contribution in [2.24, 2.45) is 23.7 Å². The molecule has 2 saturated carbocycles. The summed E-state index contributed by atoms with van der Waals surface area (Å²) in [5.41, 5.74) is 0.602. The number of nitrogens with zero attached hydrogens (tertiary/aromatic N) is 2. The Balaban J connectivity index is 2.03. The third kappa shape index (κ3) is 2.86. The van der Waals surface area contributed by atoms with Crippen molar-refractivity contribution in [1.82, 2.24) is 9.80 Å². The zero-order valence-corrected chi connectivity index (χ0v) is 17.6. The van der Waals surface area contributed by atoms with Gasteiger partial charge in [0.15, 0.2) is 0 Å². The van der Waals surface area contributed by atoms with Crippen molar-refractivity contribution in [2.45, 2.75) is 103 Å². The van der Waals surface area contributed by atoms with Crippen LogP contribution in [-0.4, -0.2) is 47.1 Å². The molecule has 0 bridgehead atoms. The molecule has 3 fully saturated rings. The second-order valence-electron chi connectivity index (χ2n) is 10.7. The maximum absolute atomic E-state index is 2.83. The molecule has 140 valence electrons. The molecule has 0 aromatic heterocycles. The van der Waals surface area contributed by atoms with Crippen molar-refractivity contribution in [2.75, 3.05) is 14.1 Å². The summed E-state index contributed by atoms with van der Waals surface area (Å²) in [5.74, 6) is 3.35. The highest BCUT2D eigenvalue weighted by atomic mass is 15.3. The van der Waals surface area contributed by atoms with E-state index in [-0.39, 0.29) is 0 Å². The Bertz CT molecular complexity index is 413. The molecular formula is C22H42N2. The Morgan fingerprint density at radius 3 is 1.29 bits per heavy atom. The summed E-state index contributed by atoms with van der Waals surface area (Å²) in [5, 5.41) is 0. The van der Waals surface area contributed by atoms with Crippen LogP contribution in [0.4, 0.5) is 0 Å². The van der Waals surface area contributed by atoms with Crippen molar-refractivity contribution in [1.29, 1.82) is 0 Å². The number of rotatable bonds is 0. The van der Waals surface area contributed by atoms with Crippen molar-refractivity contribution in [3.63, 3.8) is 0 Å². The molecule has 24 heavy (non-hydrogen) atoms. The summed E-state index contributed by atoms with van der Waals surface area (Å²) < 4.78 is 0. The van der Waals surface area contributed by atoms with Gasteiger partial charge >= 0.3 is 0 Å². The monoisotopic (exact) mass is 334 g/mol. The van der Waals surface area contributed by atoms with Gasteiger partial charge in [-0.1, -0.05) is 26.7 Å². The van der Waals surface area contributed by atoms with Gasteiger partial charge in [0.25, 0.3) is 0 Å². The third-order valence-electron chi connectivity index (χ3n) is 8.79. The summed E-state index contributed by atoms with van der Waals surface area (Å²) in [4.78, 5) is 5.66. The average Bonchev–Trinajstić information content (AvgIpc) is 2.51. The Kier molecular flexibility index (Phi) is 4.88. The summed E-state index contributed by atoms with van der Waals surface area (Å²) in [6, 6.07) is 1.48. The van der Waals surface area contributed by atoms with Gasteiger partial charge in [0.1, 0.15) is 0 Å². The van der Waals surface area contributed by atoms with Crippen LogP contribution in [0.15, 0.2) is 0 Å². The van der Waals surface area contributed by atoms with Crippen LogP contribution in [0, 0.1) is 23.7 Å². The van der Waals surface area contributed by atoms with Crippen molar-refractivity contribution in [3.05, 3.63) is 0 Å². The molecule has 6 atom stereocenters. The predicted molar refractivity (Wildman–Crippen MR) is 104 cm³/mol. The van der Waals surface area contributed by atoms with Gasteiger partial charge in [-0.15, -0.1) is 0 Å². The number of hydrogen-bond donors (Lipinski definition) is 0. The minimum absolute atomic E-state index is 0.301. The second-order valence-corrected chi connectivity index (χ2v) is 10.7. The molecule has 0 amide bonds. The molecule has 0 unspecified atom stereocenters. The van der Waals surface area contributed by atoms with E-state index >= 15 is 0 Å². The van der Waals surface area contributed by atoms with Gasteiger partial charge in [-0.05, 0) is 91.1 Å². The molecule has 0 N–H and O–H groups in total. The highest BCUT2D eigenvalue weighted by Gasteiger charge is 2.54. The normalized spacial score (nSPS) is 46.5. The first kappa shape index (κ1) is 18.7. The zero-order valence-electron chi connectivity index (χ0n) is 17.6. The van der Waals surface area contributed by atoms with Crippen LogP contribution in [0.25, 0.3) is 0 Å². The molecule has 0 spiro atoms. The number of hydrogen-bond acceptors (Lipinski definition) is 2. The lowest BCUT2D eigenvalue weighted by molar-refractivity contribution is -0.128. The predicted octanol–water partition coefficient (Wildman–Crippen LogP) is 5.03. The molecule has 2 aliphatic carbocycles. The molecule has 1 saturated heterocycles. The topological polar surface area (TPSA) is 6.48 Å². The summed E-state index contributed by atoms with van der Waals surface area (Å²) >= 11 is 0. The SMILES string of the molecule is C[C@@H]1CC[C@@H]2[C@@H](C1)N(C)C(C)(C)[C@@H]1CC[C@@H](C)C[C@H]1N(C)C2(C)C. The quantitative estimate of drug-likeness (QED) is 0.613. The highest BCUT2D eigenvalue weighted by Crippen LogP contribution is 2.50. The van der Waals surface area contributed by atoms with Gasteiger partial charge in [0.05, 0.1) is 0 Å². The van der Waals surface area contributed by atoms with E-state index in [0.29, 0.717) is 11.1 Å². The van der Waals surface area contributed by atoms with Gasteiger partial charge in [0, 0.05) is 23.2 Å². The van der Waals surface area contributed by atoms with Gasteiger partial charge in [-0.3, -0.25) is 9.80 Å². The Labute approximate surface area is 151 Å². The van der Waals surface area contributed by atoms with Crippen LogP contribution in [0.3, 0.4) is 0 Å². The molecule has 1 aliphatic heterocycles. The zero-order chi connectivity index (χ0) is 17.9. The van der Waals surface area contributed by atoms with Crippen LogP contribution in [0.2, 0.25) is 0 Å². The Morgan fingerprint density at radius 1 is 0.625 bits per heavy atom. The fourth-order valence-electron chi connectivity index (χ4n) is 6.58. The molecular weight excluding hydrogens is 292 g/mol. The molecule has 0 aromatic carbocycles. The van der Waals surface area contributed by atoms with Crippen LogP contribution < -0.4 is 0 Å². The van der Waals surface area contributed by atoms with Crippen LogP contribution in [0.1, 0.15) is 80.1 Å². The number of fused-ring (bicyclic) bond motifs is 2. The van der Waals surface area contributed by atoms with Gasteiger partial charge in [0.2, 0.25) is 0 Å². The van der Waals surface area contributed by atoms with Gasteiger partial charge < -0.3 is 0 Å². The minimum atomic E-state index is 0.301. The summed E-state index contributed by atoms with van der Waals surface area (Å²) in [6.07, 6.45) is 8.40. The maximum atomic E-state index is 2.83. The van der Waals surface area contributed by atoms with Crippen LogP contribution in [0.5, 0.6) is 0 Å². The average molecular weight is 335 g/mol. The highest BCUT2D eigenvalue weighted by molar-refractivity contribution is 5.08. The first-order valence-electron chi connectivity index (χ1n) is 10.5. The van der Waals surface area contributed by atoms with E-state index in [1.807, 2.05) is 0 Å².